The Labute approximate surface area is 125 Å². The SMILES string of the molecule is CCOC(c1ccccc1)c1nc(N)nc(C(C)(C)C)n1. The van der Waals surface area contributed by atoms with Crippen molar-refractivity contribution in [3.8, 4) is 0 Å². The van der Waals surface area contributed by atoms with E-state index in [-0.39, 0.29) is 17.5 Å². The first-order valence-electron chi connectivity index (χ1n) is 7.10. The standard InChI is InChI=1S/C16H22N4O/c1-5-21-12(11-9-7-6-8-10-11)13-18-14(16(2,3)4)20-15(17)19-13/h6-10,12H,5H2,1-4H3,(H2,17,18,19,20). The molecule has 1 aromatic heterocycles. The summed E-state index contributed by atoms with van der Waals surface area (Å²) in [6.07, 6.45) is -0.331. The molecule has 0 fully saturated rings. The predicted molar refractivity (Wildman–Crippen MR) is 82.9 cm³/mol. The minimum Gasteiger partial charge on any atom is -0.368 e. The third kappa shape index (κ3) is 3.76. The van der Waals surface area contributed by atoms with Crippen LogP contribution in [0.1, 0.15) is 51.0 Å². The lowest BCUT2D eigenvalue weighted by atomic mass is 9.95. The molecule has 0 bridgehead atoms. The van der Waals surface area contributed by atoms with E-state index < -0.39 is 0 Å². The highest BCUT2D eigenvalue weighted by molar-refractivity contribution is 5.27. The summed E-state index contributed by atoms with van der Waals surface area (Å²) in [7, 11) is 0. The Hall–Kier alpha value is -2.01. The molecule has 2 aromatic rings. The number of hydrogen-bond donors (Lipinski definition) is 1. The summed E-state index contributed by atoms with van der Waals surface area (Å²) in [6, 6.07) is 9.90. The van der Waals surface area contributed by atoms with Crippen molar-refractivity contribution in [2.24, 2.45) is 0 Å². The first-order chi connectivity index (χ1) is 9.91. The minimum absolute atomic E-state index is 0.195. The van der Waals surface area contributed by atoms with E-state index in [0.717, 1.165) is 5.56 Å². The highest BCUT2D eigenvalue weighted by Gasteiger charge is 2.24. The molecule has 5 heteroatoms. The zero-order chi connectivity index (χ0) is 15.5. The van der Waals surface area contributed by atoms with Crippen molar-refractivity contribution in [3.05, 3.63) is 47.5 Å². The average molecular weight is 286 g/mol. The van der Waals surface area contributed by atoms with Crippen LogP contribution in [0.2, 0.25) is 0 Å². The lowest BCUT2D eigenvalue weighted by Gasteiger charge is -2.21. The summed E-state index contributed by atoms with van der Waals surface area (Å²) in [5, 5.41) is 0. The smallest absolute Gasteiger partial charge is 0.223 e. The van der Waals surface area contributed by atoms with Crippen molar-refractivity contribution in [1.29, 1.82) is 0 Å². The van der Waals surface area contributed by atoms with Gasteiger partial charge in [0.25, 0.3) is 0 Å². The molecular formula is C16H22N4O. The molecule has 0 aliphatic heterocycles. The summed E-state index contributed by atoms with van der Waals surface area (Å²) in [6.45, 7) is 8.65. The quantitative estimate of drug-likeness (QED) is 0.935. The van der Waals surface area contributed by atoms with E-state index >= 15 is 0 Å². The number of benzene rings is 1. The van der Waals surface area contributed by atoms with Crippen molar-refractivity contribution < 1.29 is 4.74 Å². The van der Waals surface area contributed by atoms with E-state index in [1.807, 2.05) is 58.0 Å². The Kier molecular flexibility index (Phi) is 4.53. The van der Waals surface area contributed by atoms with Gasteiger partial charge in [-0.3, -0.25) is 0 Å². The van der Waals surface area contributed by atoms with Crippen LogP contribution < -0.4 is 5.73 Å². The number of hydrogen-bond acceptors (Lipinski definition) is 5. The average Bonchev–Trinajstić information content (AvgIpc) is 2.44. The fourth-order valence-electron chi connectivity index (χ4n) is 1.98. The van der Waals surface area contributed by atoms with Crippen molar-refractivity contribution in [3.63, 3.8) is 0 Å². The Morgan fingerprint density at radius 2 is 1.76 bits per heavy atom. The van der Waals surface area contributed by atoms with Gasteiger partial charge in [0, 0.05) is 12.0 Å². The van der Waals surface area contributed by atoms with Crippen LogP contribution in [0.4, 0.5) is 5.95 Å². The number of aromatic nitrogens is 3. The zero-order valence-electron chi connectivity index (χ0n) is 13.0. The predicted octanol–water partition coefficient (Wildman–Crippen LogP) is 2.88. The van der Waals surface area contributed by atoms with Crippen molar-refractivity contribution in [2.45, 2.75) is 39.2 Å². The Morgan fingerprint density at radius 3 is 2.33 bits per heavy atom. The van der Waals surface area contributed by atoms with Crippen LogP contribution in [0.3, 0.4) is 0 Å². The van der Waals surface area contributed by atoms with Crippen LogP contribution in [0.15, 0.2) is 30.3 Å². The molecule has 5 nitrogen and oxygen atoms in total. The molecule has 0 saturated carbocycles. The van der Waals surface area contributed by atoms with Crippen molar-refractivity contribution >= 4 is 5.95 Å². The third-order valence-electron chi connectivity index (χ3n) is 3.01. The lowest BCUT2D eigenvalue weighted by molar-refractivity contribution is 0.0847. The second kappa shape index (κ2) is 6.18. The molecule has 1 heterocycles. The second-order valence-corrected chi connectivity index (χ2v) is 5.87. The maximum Gasteiger partial charge on any atom is 0.223 e. The molecule has 0 radical (unpaired) electrons. The van der Waals surface area contributed by atoms with Gasteiger partial charge in [-0.1, -0.05) is 51.1 Å². The Bertz CT molecular complexity index is 593. The van der Waals surface area contributed by atoms with Crippen LogP contribution in [0.5, 0.6) is 0 Å². The summed E-state index contributed by atoms with van der Waals surface area (Å²) >= 11 is 0. The van der Waals surface area contributed by atoms with E-state index in [1.165, 1.54) is 0 Å². The number of rotatable bonds is 4. The largest absolute Gasteiger partial charge is 0.368 e. The fourth-order valence-corrected chi connectivity index (χ4v) is 1.98. The van der Waals surface area contributed by atoms with Crippen molar-refractivity contribution in [2.75, 3.05) is 12.3 Å². The molecule has 0 amide bonds. The van der Waals surface area contributed by atoms with E-state index in [1.54, 1.807) is 0 Å². The van der Waals surface area contributed by atoms with Crippen LogP contribution in [-0.2, 0) is 10.2 Å². The van der Waals surface area contributed by atoms with E-state index in [0.29, 0.717) is 18.3 Å². The first-order valence-corrected chi connectivity index (χ1v) is 7.10. The van der Waals surface area contributed by atoms with Gasteiger partial charge in [0.2, 0.25) is 5.95 Å². The summed E-state index contributed by atoms with van der Waals surface area (Å²) in [5.74, 6) is 1.46. The lowest BCUT2D eigenvalue weighted by Crippen LogP contribution is -2.21. The number of nitrogen functional groups attached to an aromatic ring is 1. The van der Waals surface area contributed by atoms with E-state index in [4.69, 9.17) is 10.5 Å². The highest BCUT2D eigenvalue weighted by atomic mass is 16.5. The molecule has 0 saturated heterocycles. The van der Waals surface area contributed by atoms with E-state index in [9.17, 15) is 0 Å². The summed E-state index contributed by atoms with van der Waals surface area (Å²) in [4.78, 5) is 13.1. The number of anilines is 1. The molecule has 2 rings (SSSR count). The number of nitrogens with zero attached hydrogens (tertiary/aromatic N) is 3. The van der Waals surface area contributed by atoms with Crippen molar-refractivity contribution in [1.82, 2.24) is 15.0 Å². The van der Waals surface area contributed by atoms with Gasteiger partial charge in [0.15, 0.2) is 5.82 Å². The maximum absolute atomic E-state index is 5.85. The Morgan fingerprint density at radius 1 is 1.10 bits per heavy atom. The molecule has 21 heavy (non-hydrogen) atoms. The van der Waals surface area contributed by atoms with Gasteiger partial charge in [0.1, 0.15) is 11.9 Å². The summed E-state index contributed by atoms with van der Waals surface area (Å²) < 4.78 is 5.83. The monoisotopic (exact) mass is 286 g/mol. The normalized spacial score (nSPS) is 13.1. The molecule has 0 aliphatic rings. The van der Waals surface area contributed by atoms with E-state index in [2.05, 4.69) is 15.0 Å². The van der Waals surface area contributed by atoms with Crippen LogP contribution in [-0.4, -0.2) is 21.6 Å². The summed E-state index contributed by atoms with van der Waals surface area (Å²) in [5.41, 5.74) is 6.66. The molecule has 2 N–H and O–H groups in total. The van der Waals surface area contributed by atoms with Crippen LogP contribution in [0, 0.1) is 0 Å². The molecule has 1 unspecified atom stereocenters. The third-order valence-corrected chi connectivity index (χ3v) is 3.01. The second-order valence-electron chi connectivity index (χ2n) is 5.87. The molecule has 112 valence electrons. The Balaban J connectivity index is 2.48. The minimum atomic E-state index is -0.331. The molecule has 1 aromatic carbocycles. The van der Waals surface area contributed by atoms with Gasteiger partial charge in [-0.25, -0.2) is 4.98 Å². The highest BCUT2D eigenvalue weighted by Crippen LogP contribution is 2.26. The molecular weight excluding hydrogens is 264 g/mol. The van der Waals surface area contributed by atoms with Gasteiger partial charge in [0.05, 0.1) is 0 Å². The van der Waals surface area contributed by atoms with Gasteiger partial charge in [-0.05, 0) is 12.5 Å². The molecule has 1 atom stereocenters. The topological polar surface area (TPSA) is 73.9 Å². The number of nitrogens with two attached hydrogens (primary N) is 1. The van der Waals surface area contributed by atoms with Crippen LogP contribution in [0.25, 0.3) is 0 Å². The van der Waals surface area contributed by atoms with Gasteiger partial charge >= 0.3 is 0 Å². The zero-order valence-corrected chi connectivity index (χ0v) is 13.0. The van der Waals surface area contributed by atoms with Gasteiger partial charge < -0.3 is 10.5 Å². The molecule has 0 spiro atoms. The van der Waals surface area contributed by atoms with Gasteiger partial charge in [-0.15, -0.1) is 0 Å². The van der Waals surface area contributed by atoms with Gasteiger partial charge in [-0.2, -0.15) is 9.97 Å². The van der Waals surface area contributed by atoms with Crippen LogP contribution >= 0.6 is 0 Å². The first kappa shape index (κ1) is 15.4. The molecule has 0 aliphatic carbocycles. The maximum atomic E-state index is 5.85. The fraction of sp³-hybridized carbons (Fsp3) is 0.438. The number of ether oxygens (including phenoxy) is 1.